The summed E-state index contributed by atoms with van der Waals surface area (Å²) in [4.78, 5) is 4.22. The second-order valence-electron chi connectivity index (χ2n) is 5.67. The smallest absolute Gasteiger partial charge is 0.0328 e. The first-order chi connectivity index (χ1) is 9.84. The van der Waals surface area contributed by atoms with Crippen LogP contribution in [-0.2, 0) is 6.42 Å². The largest absolute Gasteiger partial charge is 0.303 e. The summed E-state index contributed by atoms with van der Waals surface area (Å²) in [5.41, 5.74) is 4.26. The number of hydrogen-bond acceptors (Lipinski definition) is 2. The van der Waals surface area contributed by atoms with Gasteiger partial charge in [0.25, 0.3) is 0 Å². The zero-order chi connectivity index (χ0) is 13.8. The Balaban J connectivity index is 1.80. The standard InChI is InChI=1S/C18H22N2/c1-14(16-9-6-12-19-13-16)20-18-11-5-3-8-15-7-2-4-10-17(15)18/h2,4,6-7,9-10,12-14,18,20H,3,5,8,11H2,1H3/t14-,18?/m1/s1. The van der Waals surface area contributed by atoms with Gasteiger partial charge in [0.1, 0.15) is 0 Å². The van der Waals surface area contributed by atoms with Gasteiger partial charge in [0.2, 0.25) is 0 Å². The molecular weight excluding hydrogens is 244 g/mol. The van der Waals surface area contributed by atoms with Crippen LogP contribution in [0.4, 0.5) is 0 Å². The Labute approximate surface area is 121 Å². The molecule has 104 valence electrons. The highest BCUT2D eigenvalue weighted by Gasteiger charge is 2.20. The van der Waals surface area contributed by atoms with E-state index >= 15 is 0 Å². The highest BCUT2D eigenvalue weighted by Crippen LogP contribution is 2.30. The van der Waals surface area contributed by atoms with Gasteiger partial charge in [0.15, 0.2) is 0 Å². The number of rotatable bonds is 3. The first-order valence-corrected chi connectivity index (χ1v) is 7.58. The molecule has 1 aliphatic rings. The van der Waals surface area contributed by atoms with Crippen molar-refractivity contribution >= 4 is 0 Å². The van der Waals surface area contributed by atoms with Crippen molar-refractivity contribution in [2.24, 2.45) is 0 Å². The zero-order valence-corrected chi connectivity index (χ0v) is 12.0. The van der Waals surface area contributed by atoms with Crippen molar-refractivity contribution in [2.75, 3.05) is 0 Å². The number of nitrogens with one attached hydrogen (secondary N) is 1. The topological polar surface area (TPSA) is 24.9 Å². The summed E-state index contributed by atoms with van der Waals surface area (Å²) in [7, 11) is 0. The van der Waals surface area contributed by atoms with Crippen LogP contribution in [-0.4, -0.2) is 4.98 Å². The molecule has 1 unspecified atom stereocenters. The van der Waals surface area contributed by atoms with Crippen LogP contribution in [0.3, 0.4) is 0 Å². The fourth-order valence-electron chi connectivity index (χ4n) is 3.12. The van der Waals surface area contributed by atoms with E-state index < -0.39 is 0 Å². The Hall–Kier alpha value is -1.67. The maximum absolute atomic E-state index is 4.22. The van der Waals surface area contributed by atoms with Crippen molar-refractivity contribution in [3.05, 3.63) is 65.5 Å². The first kappa shape index (κ1) is 13.3. The van der Waals surface area contributed by atoms with E-state index in [0.29, 0.717) is 12.1 Å². The minimum atomic E-state index is 0.333. The monoisotopic (exact) mass is 266 g/mol. The number of benzene rings is 1. The van der Waals surface area contributed by atoms with Crippen molar-refractivity contribution in [3.63, 3.8) is 0 Å². The highest BCUT2D eigenvalue weighted by atomic mass is 14.9. The number of hydrogen-bond donors (Lipinski definition) is 1. The molecule has 1 aromatic heterocycles. The van der Waals surface area contributed by atoms with Gasteiger partial charge in [-0.25, -0.2) is 0 Å². The summed E-state index contributed by atoms with van der Waals surface area (Å²) in [6, 6.07) is 13.8. The van der Waals surface area contributed by atoms with Gasteiger partial charge >= 0.3 is 0 Å². The van der Waals surface area contributed by atoms with Crippen LogP contribution in [0.1, 0.15) is 55.0 Å². The summed E-state index contributed by atoms with van der Waals surface area (Å²) >= 11 is 0. The SMILES string of the molecule is C[C@@H](NC1CCCCc2ccccc21)c1cccnc1. The molecule has 0 amide bonds. The Bertz CT molecular complexity index is 550. The molecular formula is C18H22N2. The average Bonchev–Trinajstić information content (AvgIpc) is 2.71. The predicted octanol–water partition coefficient (Wildman–Crippen LogP) is 4.20. The fraction of sp³-hybridized carbons (Fsp3) is 0.389. The van der Waals surface area contributed by atoms with Gasteiger partial charge in [-0.15, -0.1) is 0 Å². The third kappa shape index (κ3) is 2.91. The third-order valence-electron chi connectivity index (χ3n) is 4.26. The zero-order valence-electron chi connectivity index (χ0n) is 12.0. The van der Waals surface area contributed by atoms with Crippen LogP contribution < -0.4 is 5.32 Å². The third-order valence-corrected chi connectivity index (χ3v) is 4.26. The number of fused-ring (bicyclic) bond motifs is 1. The molecule has 0 radical (unpaired) electrons. The summed E-state index contributed by atoms with van der Waals surface area (Å²) in [5, 5.41) is 3.79. The van der Waals surface area contributed by atoms with Crippen molar-refractivity contribution in [1.82, 2.24) is 10.3 Å². The van der Waals surface area contributed by atoms with Crippen LogP contribution in [0, 0.1) is 0 Å². The maximum Gasteiger partial charge on any atom is 0.0328 e. The molecule has 1 aromatic carbocycles. The van der Waals surface area contributed by atoms with Crippen LogP contribution in [0.15, 0.2) is 48.8 Å². The van der Waals surface area contributed by atoms with Crippen LogP contribution >= 0.6 is 0 Å². The Morgan fingerprint density at radius 1 is 1.15 bits per heavy atom. The van der Waals surface area contributed by atoms with Crippen molar-refractivity contribution in [1.29, 1.82) is 0 Å². The Morgan fingerprint density at radius 3 is 2.90 bits per heavy atom. The van der Waals surface area contributed by atoms with Gasteiger partial charge in [0, 0.05) is 24.5 Å². The number of aryl methyl sites for hydroxylation is 1. The van der Waals surface area contributed by atoms with Gasteiger partial charge < -0.3 is 5.32 Å². The molecule has 1 heterocycles. The molecule has 2 nitrogen and oxygen atoms in total. The molecule has 0 aliphatic heterocycles. The lowest BCUT2D eigenvalue weighted by molar-refractivity contribution is 0.437. The van der Waals surface area contributed by atoms with Crippen LogP contribution in [0.5, 0.6) is 0 Å². The molecule has 3 rings (SSSR count). The Kier molecular flexibility index (Phi) is 4.12. The van der Waals surface area contributed by atoms with Crippen molar-refractivity contribution < 1.29 is 0 Å². The van der Waals surface area contributed by atoms with E-state index in [1.54, 1.807) is 0 Å². The van der Waals surface area contributed by atoms with Crippen LogP contribution in [0.25, 0.3) is 0 Å². The van der Waals surface area contributed by atoms with E-state index in [1.165, 1.54) is 42.4 Å². The lowest BCUT2D eigenvalue weighted by Crippen LogP contribution is -2.25. The van der Waals surface area contributed by atoms with Crippen LogP contribution in [0.2, 0.25) is 0 Å². The molecule has 2 heteroatoms. The van der Waals surface area contributed by atoms with Gasteiger partial charge in [-0.3, -0.25) is 4.98 Å². The molecule has 20 heavy (non-hydrogen) atoms. The predicted molar refractivity (Wildman–Crippen MR) is 82.5 cm³/mol. The van der Waals surface area contributed by atoms with Gasteiger partial charge in [-0.2, -0.15) is 0 Å². The van der Waals surface area contributed by atoms with E-state index in [1.807, 2.05) is 18.5 Å². The summed E-state index contributed by atoms with van der Waals surface area (Å²) in [6.45, 7) is 2.23. The molecule has 0 saturated carbocycles. The molecule has 0 bridgehead atoms. The summed E-state index contributed by atoms with van der Waals surface area (Å²) in [6.07, 6.45) is 8.83. The molecule has 1 N–H and O–H groups in total. The normalized spacial score (nSPS) is 19.9. The van der Waals surface area contributed by atoms with E-state index in [0.717, 1.165) is 0 Å². The Morgan fingerprint density at radius 2 is 2.05 bits per heavy atom. The van der Waals surface area contributed by atoms with E-state index in [-0.39, 0.29) is 0 Å². The lowest BCUT2D eigenvalue weighted by Gasteiger charge is -2.24. The molecule has 0 saturated heterocycles. The summed E-state index contributed by atoms with van der Waals surface area (Å²) in [5.74, 6) is 0. The van der Waals surface area contributed by atoms with Crippen molar-refractivity contribution in [3.8, 4) is 0 Å². The van der Waals surface area contributed by atoms with Gasteiger partial charge in [0.05, 0.1) is 0 Å². The molecule has 0 spiro atoms. The quantitative estimate of drug-likeness (QED) is 0.842. The molecule has 2 aromatic rings. The van der Waals surface area contributed by atoms with Crippen molar-refractivity contribution in [2.45, 2.75) is 44.7 Å². The van der Waals surface area contributed by atoms with E-state index in [2.05, 4.69) is 47.6 Å². The fourth-order valence-corrected chi connectivity index (χ4v) is 3.12. The van der Waals surface area contributed by atoms with Gasteiger partial charge in [-0.1, -0.05) is 36.8 Å². The average molecular weight is 266 g/mol. The minimum Gasteiger partial charge on any atom is -0.303 e. The summed E-state index contributed by atoms with van der Waals surface area (Å²) < 4.78 is 0. The minimum absolute atomic E-state index is 0.333. The van der Waals surface area contributed by atoms with E-state index in [9.17, 15) is 0 Å². The first-order valence-electron chi connectivity index (χ1n) is 7.58. The van der Waals surface area contributed by atoms with E-state index in [4.69, 9.17) is 0 Å². The highest BCUT2D eigenvalue weighted by molar-refractivity contribution is 5.31. The number of pyridine rings is 1. The second kappa shape index (κ2) is 6.19. The molecule has 0 fully saturated rings. The lowest BCUT2D eigenvalue weighted by atomic mass is 9.98. The maximum atomic E-state index is 4.22. The number of nitrogens with zero attached hydrogens (tertiary/aromatic N) is 1. The molecule has 1 aliphatic carbocycles. The molecule has 2 atom stereocenters. The number of aromatic nitrogens is 1. The second-order valence-corrected chi connectivity index (χ2v) is 5.67. The van der Waals surface area contributed by atoms with Gasteiger partial charge in [-0.05, 0) is 48.9 Å².